The molecule has 0 fully saturated rings. The van der Waals surface area contributed by atoms with Crippen molar-refractivity contribution >= 4 is 22.8 Å². The fourth-order valence-corrected chi connectivity index (χ4v) is 2.64. The maximum absolute atomic E-state index is 14.3. The van der Waals surface area contributed by atoms with Crippen LogP contribution in [0.2, 0.25) is 0 Å². The zero-order chi connectivity index (χ0) is 22.9. The number of carbonyl (C=O) groups is 1. The Labute approximate surface area is 175 Å². The van der Waals surface area contributed by atoms with Gasteiger partial charge < -0.3 is 10.1 Å². The Hall–Kier alpha value is -4.16. The van der Waals surface area contributed by atoms with E-state index in [0.29, 0.717) is 11.1 Å². The van der Waals surface area contributed by atoms with Crippen molar-refractivity contribution < 1.29 is 31.5 Å². The minimum atomic E-state index is -4.66. The predicted octanol–water partition coefficient (Wildman–Crippen LogP) is 4.04. The summed E-state index contributed by atoms with van der Waals surface area (Å²) in [5.74, 6) is -2.03. The van der Waals surface area contributed by atoms with E-state index in [2.05, 4.69) is 35.4 Å². The number of halogens is 5. The number of fused-ring (bicyclic) bond motifs is 1. The summed E-state index contributed by atoms with van der Waals surface area (Å²) in [6, 6.07) is 7.86. The third kappa shape index (κ3) is 4.31. The van der Waals surface area contributed by atoms with Gasteiger partial charge >= 0.3 is 12.5 Å². The Morgan fingerprint density at radius 1 is 1.09 bits per heavy atom. The van der Waals surface area contributed by atoms with Crippen LogP contribution in [-0.4, -0.2) is 43.8 Å². The summed E-state index contributed by atoms with van der Waals surface area (Å²) < 4.78 is 68.5. The second kappa shape index (κ2) is 8.17. The van der Waals surface area contributed by atoms with Crippen LogP contribution < -0.4 is 10.1 Å². The van der Waals surface area contributed by atoms with Gasteiger partial charge in [-0.3, -0.25) is 4.79 Å². The monoisotopic (exact) mass is 450 g/mol. The van der Waals surface area contributed by atoms with E-state index in [4.69, 9.17) is 0 Å². The molecule has 0 spiro atoms. The Morgan fingerprint density at radius 2 is 1.84 bits per heavy atom. The molecule has 4 rings (SSSR count). The number of benzene rings is 2. The highest BCUT2D eigenvalue weighted by Gasteiger charge is 2.43. The molecule has 2 aromatic heterocycles. The number of anilines is 1. The number of amides is 1. The Balaban J connectivity index is 1.52. The van der Waals surface area contributed by atoms with Crippen molar-refractivity contribution in [3.63, 3.8) is 0 Å². The SMILES string of the molecule is O=C(Nc1ccc(OC(F)(F)C(F)F)cc1)c1cc(-c2ncc3n[nH]nc3n2)ccc1F. The molecule has 13 heteroatoms. The molecule has 2 N–H and O–H groups in total. The van der Waals surface area contributed by atoms with E-state index in [-0.39, 0.29) is 22.7 Å². The van der Waals surface area contributed by atoms with E-state index in [9.17, 15) is 26.7 Å². The van der Waals surface area contributed by atoms with Gasteiger partial charge in [0.2, 0.25) is 5.65 Å². The van der Waals surface area contributed by atoms with Gasteiger partial charge in [0.05, 0.1) is 11.8 Å². The molecule has 0 aliphatic rings. The van der Waals surface area contributed by atoms with Gasteiger partial charge in [-0.2, -0.15) is 27.9 Å². The van der Waals surface area contributed by atoms with Crippen LogP contribution in [0.5, 0.6) is 5.75 Å². The summed E-state index contributed by atoms with van der Waals surface area (Å²) >= 11 is 0. The van der Waals surface area contributed by atoms with Crippen molar-refractivity contribution in [1.82, 2.24) is 25.4 Å². The average Bonchev–Trinajstić information content (AvgIpc) is 3.23. The van der Waals surface area contributed by atoms with E-state index >= 15 is 0 Å². The molecule has 0 aliphatic carbocycles. The van der Waals surface area contributed by atoms with E-state index in [1.807, 2.05) is 0 Å². The maximum Gasteiger partial charge on any atom is 0.461 e. The summed E-state index contributed by atoms with van der Waals surface area (Å²) in [6.07, 6.45) is -7.26. The van der Waals surface area contributed by atoms with Gasteiger partial charge in [-0.25, -0.2) is 14.4 Å². The van der Waals surface area contributed by atoms with Crippen LogP contribution in [0.15, 0.2) is 48.7 Å². The number of nitrogens with zero attached hydrogens (tertiary/aromatic N) is 4. The Morgan fingerprint density at radius 3 is 2.56 bits per heavy atom. The number of alkyl halides is 4. The lowest BCUT2D eigenvalue weighted by molar-refractivity contribution is -0.253. The van der Waals surface area contributed by atoms with Gasteiger partial charge in [-0.05, 0) is 42.5 Å². The molecule has 0 aliphatic heterocycles. The van der Waals surface area contributed by atoms with Crippen LogP contribution in [-0.2, 0) is 0 Å². The number of aromatic nitrogens is 5. The Bertz CT molecular complexity index is 1280. The first-order chi connectivity index (χ1) is 15.2. The van der Waals surface area contributed by atoms with E-state index in [1.54, 1.807) is 0 Å². The molecule has 2 aromatic carbocycles. The molecule has 8 nitrogen and oxygen atoms in total. The van der Waals surface area contributed by atoms with Crippen LogP contribution in [0.4, 0.5) is 27.6 Å². The van der Waals surface area contributed by atoms with Crippen LogP contribution in [0.25, 0.3) is 22.6 Å². The van der Waals surface area contributed by atoms with Gasteiger partial charge in [0, 0.05) is 11.3 Å². The van der Waals surface area contributed by atoms with Crippen LogP contribution in [0.1, 0.15) is 10.4 Å². The van der Waals surface area contributed by atoms with Gasteiger partial charge in [0.15, 0.2) is 5.82 Å². The number of H-pyrrole nitrogens is 1. The highest BCUT2D eigenvalue weighted by atomic mass is 19.3. The number of hydrogen-bond donors (Lipinski definition) is 2. The van der Waals surface area contributed by atoms with Gasteiger partial charge in [-0.15, -0.1) is 5.10 Å². The summed E-state index contributed by atoms with van der Waals surface area (Å²) in [7, 11) is 0. The van der Waals surface area contributed by atoms with Crippen molar-refractivity contribution in [2.24, 2.45) is 0 Å². The van der Waals surface area contributed by atoms with Crippen molar-refractivity contribution in [3.05, 3.63) is 60.0 Å². The number of aromatic amines is 1. The molecule has 32 heavy (non-hydrogen) atoms. The molecule has 0 atom stereocenters. The zero-order valence-corrected chi connectivity index (χ0v) is 15.7. The molecular weight excluding hydrogens is 439 g/mol. The molecule has 164 valence electrons. The third-order valence-electron chi connectivity index (χ3n) is 4.17. The lowest BCUT2D eigenvalue weighted by Gasteiger charge is -2.17. The largest absolute Gasteiger partial charge is 0.461 e. The number of ether oxygens (including phenoxy) is 1. The lowest BCUT2D eigenvalue weighted by Crippen LogP contribution is -2.33. The molecule has 0 radical (unpaired) electrons. The van der Waals surface area contributed by atoms with Crippen molar-refractivity contribution in [3.8, 4) is 17.1 Å². The fourth-order valence-electron chi connectivity index (χ4n) is 2.64. The van der Waals surface area contributed by atoms with Crippen LogP contribution in [0, 0.1) is 5.82 Å². The second-order valence-electron chi connectivity index (χ2n) is 6.36. The molecule has 0 saturated heterocycles. The number of nitrogens with one attached hydrogen (secondary N) is 2. The minimum Gasteiger partial charge on any atom is -0.428 e. The molecule has 1 amide bonds. The topological polar surface area (TPSA) is 106 Å². The first-order valence-corrected chi connectivity index (χ1v) is 8.83. The van der Waals surface area contributed by atoms with Gasteiger partial charge in [0.1, 0.15) is 17.1 Å². The standard InChI is InChI=1S/C19H11F5N6O2/c20-13-6-1-9(15-25-8-14-16(27-15)29-30-28-14)7-12(13)17(31)26-10-2-4-11(5-3-10)32-19(23,24)18(21)22/h1-8,18H,(H,26,31)(H,25,27,28,29,30). The summed E-state index contributed by atoms with van der Waals surface area (Å²) in [6.45, 7) is 0. The summed E-state index contributed by atoms with van der Waals surface area (Å²) in [4.78, 5) is 20.8. The molecule has 0 saturated carbocycles. The van der Waals surface area contributed by atoms with Gasteiger partial charge in [-0.1, -0.05) is 0 Å². The second-order valence-corrected chi connectivity index (χ2v) is 6.36. The lowest BCUT2D eigenvalue weighted by atomic mass is 10.1. The normalized spacial score (nSPS) is 11.7. The number of carbonyl (C=O) groups excluding carboxylic acids is 1. The molecule has 0 bridgehead atoms. The number of rotatable bonds is 6. The third-order valence-corrected chi connectivity index (χ3v) is 4.17. The van der Waals surface area contributed by atoms with E-state index < -0.39 is 30.0 Å². The molecule has 4 aromatic rings. The number of hydrogen-bond acceptors (Lipinski definition) is 6. The van der Waals surface area contributed by atoms with Crippen molar-refractivity contribution in [2.75, 3.05) is 5.32 Å². The first-order valence-electron chi connectivity index (χ1n) is 8.83. The van der Waals surface area contributed by atoms with Gasteiger partial charge in [0.25, 0.3) is 5.91 Å². The van der Waals surface area contributed by atoms with Crippen molar-refractivity contribution in [2.45, 2.75) is 12.5 Å². The maximum atomic E-state index is 14.3. The molecule has 2 heterocycles. The molecule has 0 unspecified atom stereocenters. The fraction of sp³-hybridized carbons (Fsp3) is 0.105. The zero-order valence-electron chi connectivity index (χ0n) is 15.7. The van der Waals surface area contributed by atoms with Crippen molar-refractivity contribution in [1.29, 1.82) is 0 Å². The highest BCUT2D eigenvalue weighted by molar-refractivity contribution is 6.05. The smallest absolute Gasteiger partial charge is 0.428 e. The predicted molar refractivity (Wildman–Crippen MR) is 101 cm³/mol. The Kier molecular flexibility index (Phi) is 5.38. The summed E-state index contributed by atoms with van der Waals surface area (Å²) in [5.41, 5.74) is 0.792. The van der Waals surface area contributed by atoms with Crippen LogP contribution in [0.3, 0.4) is 0 Å². The summed E-state index contributed by atoms with van der Waals surface area (Å²) in [5, 5.41) is 12.4. The average molecular weight is 450 g/mol. The van der Waals surface area contributed by atoms with E-state index in [0.717, 1.165) is 30.3 Å². The van der Waals surface area contributed by atoms with E-state index in [1.165, 1.54) is 18.3 Å². The first kappa shape index (κ1) is 21.1. The quantitative estimate of drug-likeness (QED) is 0.430. The minimum absolute atomic E-state index is 0.0905. The molecular formula is C19H11F5N6O2. The highest BCUT2D eigenvalue weighted by Crippen LogP contribution is 2.28. The van der Waals surface area contributed by atoms with Crippen LogP contribution >= 0.6 is 0 Å².